The number of ether oxygens (including phenoxy) is 1. The van der Waals surface area contributed by atoms with E-state index in [-0.39, 0.29) is 13.3 Å². The minimum atomic E-state index is -0.0580. The molecular formula is C31H41BrN6O3S. The molecule has 0 atom stereocenters. The zero-order valence-corrected chi connectivity index (χ0v) is 26.6. The SMILES string of the molecule is C.C=N/C=C(\C=C/C)c1nn(-c2ccc(C(=O)N(CC)CCOCC)cc2Br)c2c1CCc1nc(NC=O)sc1-2.CC. The largest absolute Gasteiger partial charge is 0.380 e. The van der Waals surface area contributed by atoms with E-state index in [2.05, 4.69) is 37.9 Å². The van der Waals surface area contributed by atoms with Crippen molar-refractivity contribution in [1.29, 1.82) is 0 Å². The number of rotatable bonds is 12. The van der Waals surface area contributed by atoms with Crippen LogP contribution in [0.3, 0.4) is 0 Å². The smallest absolute Gasteiger partial charge is 0.253 e. The fraction of sp³-hybridized carbons (Fsp3) is 0.387. The minimum absolute atomic E-state index is 0. The number of anilines is 1. The highest BCUT2D eigenvalue weighted by atomic mass is 79.9. The number of aromatic nitrogens is 3. The molecule has 0 saturated heterocycles. The highest BCUT2D eigenvalue weighted by molar-refractivity contribution is 9.10. The van der Waals surface area contributed by atoms with Gasteiger partial charge in [-0.05, 0) is 74.5 Å². The zero-order valence-electron chi connectivity index (χ0n) is 24.2. The number of nitrogens with zero attached hydrogens (tertiary/aromatic N) is 5. The maximum atomic E-state index is 13.2. The molecule has 11 heteroatoms. The molecule has 1 aliphatic rings. The first-order valence-electron chi connectivity index (χ1n) is 13.7. The second-order valence-corrected chi connectivity index (χ2v) is 10.5. The fourth-order valence-corrected chi connectivity index (χ4v) is 6.14. The summed E-state index contributed by atoms with van der Waals surface area (Å²) >= 11 is 5.13. The van der Waals surface area contributed by atoms with Gasteiger partial charge in [-0.1, -0.05) is 44.8 Å². The lowest BCUT2D eigenvalue weighted by atomic mass is 9.95. The van der Waals surface area contributed by atoms with Gasteiger partial charge in [-0.2, -0.15) is 5.10 Å². The Morgan fingerprint density at radius 2 is 2.07 bits per heavy atom. The third-order valence-corrected chi connectivity index (χ3v) is 8.01. The maximum Gasteiger partial charge on any atom is 0.253 e. The molecule has 4 rings (SSSR count). The molecule has 0 aliphatic heterocycles. The van der Waals surface area contributed by atoms with Gasteiger partial charge in [0.15, 0.2) is 5.13 Å². The van der Waals surface area contributed by atoms with Gasteiger partial charge >= 0.3 is 0 Å². The monoisotopic (exact) mass is 656 g/mol. The quantitative estimate of drug-likeness (QED) is 0.0961. The molecule has 2 heterocycles. The van der Waals surface area contributed by atoms with Gasteiger partial charge in [0.2, 0.25) is 6.41 Å². The van der Waals surface area contributed by atoms with E-state index in [1.54, 1.807) is 11.1 Å². The summed E-state index contributed by atoms with van der Waals surface area (Å²) < 4.78 is 8.06. The number of carbonyl (C=O) groups is 2. The molecule has 0 unspecified atom stereocenters. The molecule has 42 heavy (non-hydrogen) atoms. The van der Waals surface area contributed by atoms with Crippen LogP contribution in [0, 0.1) is 0 Å². The average molecular weight is 658 g/mol. The third-order valence-electron chi connectivity index (χ3n) is 6.34. The first kappa shape index (κ1) is 34.8. The number of nitrogens with one attached hydrogen (secondary N) is 1. The van der Waals surface area contributed by atoms with E-state index in [0.717, 1.165) is 56.1 Å². The average Bonchev–Trinajstić information content (AvgIpc) is 3.57. The Balaban J connectivity index is 0.00000201. The Morgan fingerprint density at radius 3 is 2.69 bits per heavy atom. The first-order valence-corrected chi connectivity index (χ1v) is 15.4. The lowest BCUT2D eigenvalue weighted by Crippen LogP contribution is -2.33. The Labute approximate surface area is 261 Å². The van der Waals surface area contributed by atoms with Crippen LogP contribution in [-0.2, 0) is 22.4 Å². The molecule has 0 bridgehead atoms. The Kier molecular flexibility index (Phi) is 14.0. The molecule has 226 valence electrons. The van der Waals surface area contributed by atoms with E-state index < -0.39 is 0 Å². The summed E-state index contributed by atoms with van der Waals surface area (Å²) in [5.41, 5.74) is 5.90. The Bertz CT molecular complexity index is 1440. The number of allylic oxidation sites excluding steroid dienone is 3. The fourth-order valence-electron chi connectivity index (χ4n) is 4.57. The van der Waals surface area contributed by atoms with Crippen molar-refractivity contribution in [2.75, 3.05) is 31.6 Å². The van der Waals surface area contributed by atoms with Crippen LogP contribution in [0.5, 0.6) is 0 Å². The van der Waals surface area contributed by atoms with E-state index in [1.165, 1.54) is 11.3 Å². The van der Waals surface area contributed by atoms with E-state index in [0.29, 0.717) is 43.4 Å². The van der Waals surface area contributed by atoms with Gasteiger partial charge in [-0.3, -0.25) is 14.6 Å². The van der Waals surface area contributed by atoms with Crippen LogP contribution in [0.2, 0.25) is 0 Å². The summed E-state index contributed by atoms with van der Waals surface area (Å²) in [4.78, 5) is 35.7. The summed E-state index contributed by atoms with van der Waals surface area (Å²) in [7, 11) is 0. The van der Waals surface area contributed by atoms with Crippen LogP contribution in [0.1, 0.15) is 69.4 Å². The number of fused-ring (bicyclic) bond motifs is 3. The Morgan fingerprint density at radius 1 is 1.31 bits per heavy atom. The highest BCUT2D eigenvalue weighted by Gasteiger charge is 2.30. The van der Waals surface area contributed by atoms with Gasteiger partial charge in [-0.25, -0.2) is 9.67 Å². The molecule has 1 aliphatic carbocycles. The van der Waals surface area contributed by atoms with Gasteiger partial charge in [0.1, 0.15) is 0 Å². The van der Waals surface area contributed by atoms with Crippen molar-refractivity contribution in [2.24, 2.45) is 4.99 Å². The van der Waals surface area contributed by atoms with E-state index >= 15 is 0 Å². The number of benzene rings is 1. The molecule has 2 aromatic heterocycles. The first-order chi connectivity index (χ1) is 20.0. The van der Waals surface area contributed by atoms with Crippen molar-refractivity contribution >= 4 is 57.0 Å². The number of aliphatic imine (C=N–C) groups is 1. The van der Waals surface area contributed by atoms with Crippen molar-refractivity contribution in [3.63, 3.8) is 0 Å². The predicted octanol–water partition coefficient (Wildman–Crippen LogP) is 7.20. The Hall–Kier alpha value is -3.41. The zero-order chi connectivity index (χ0) is 29.9. The lowest BCUT2D eigenvalue weighted by molar-refractivity contribution is -0.105. The summed E-state index contributed by atoms with van der Waals surface area (Å²) in [6.07, 6.45) is 7.70. The standard InChI is InChI=1S/C28H31BrN6O3S.C2H6.CH4/c1-5-8-19(16-30-4)24-20-10-11-22-26(39-28(32-22)31-17-36)25(20)35(33-24)23-12-9-18(15-21(23)29)27(37)34(6-2)13-14-38-7-3;1-2;/h5,8-9,12,15-17H,4,6-7,10-11,13-14H2,1-3H3,(H,31,32,36);1-2H3;1H4/b8-5-,19-16+;;. The van der Waals surface area contributed by atoms with Crippen LogP contribution in [0.4, 0.5) is 5.13 Å². The summed E-state index contributed by atoms with van der Waals surface area (Å²) in [5, 5.41) is 8.27. The van der Waals surface area contributed by atoms with Crippen LogP contribution < -0.4 is 5.32 Å². The van der Waals surface area contributed by atoms with E-state index in [4.69, 9.17) is 9.84 Å². The van der Waals surface area contributed by atoms with E-state index in [1.807, 2.05) is 69.7 Å². The topological polar surface area (TPSA) is 102 Å². The molecule has 0 saturated carbocycles. The second-order valence-electron chi connectivity index (χ2n) is 8.66. The van der Waals surface area contributed by atoms with Gasteiger partial charge in [0.25, 0.3) is 5.91 Å². The molecule has 0 fully saturated rings. The van der Waals surface area contributed by atoms with Crippen molar-refractivity contribution in [3.05, 3.63) is 63.5 Å². The molecule has 9 nitrogen and oxygen atoms in total. The molecule has 1 aromatic carbocycles. The van der Waals surface area contributed by atoms with Gasteiger partial charge < -0.3 is 15.0 Å². The van der Waals surface area contributed by atoms with Crippen LogP contribution in [-0.4, -0.2) is 65.0 Å². The van der Waals surface area contributed by atoms with Crippen molar-refractivity contribution in [3.8, 4) is 16.3 Å². The number of hydrogen-bond donors (Lipinski definition) is 1. The van der Waals surface area contributed by atoms with E-state index in [9.17, 15) is 9.59 Å². The molecule has 0 spiro atoms. The van der Waals surface area contributed by atoms with Crippen LogP contribution in [0.25, 0.3) is 21.8 Å². The molecule has 1 N–H and O–H groups in total. The predicted molar refractivity (Wildman–Crippen MR) is 178 cm³/mol. The van der Waals surface area contributed by atoms with Gasteiger partial charge in [0, 0.05) is 47.1 Å². The van der Waals surface area contributed by atoms with Crippen molar-refractivity contribution in [2.45, 2.75) is 54.9 Å². The minimum Gasteiger partial charge on any atom is -0.380 e. The third kappa shape index (κ3) is 7.50. The van der Waals surface area contributed by atoms with Gasteiger partial charge in [0.05, 0.1) is 34.3 Å². The summed E-state index contributed by atoms with van der Waals surface area (Å²) in [5.74, 6) is -0.0580. The lowest BCUT2D eigenvalue weighted by Gasteiger charge is -2.21. The number of carbonyl (C=O) groups excluding carboxylic acids is 2. The molecule has 0 radical (unpaired) electrons. The molecule has 2 amide bonds. The number of hydrogen-bond acceptors (Lipinski definition) is 7. The number of aryl methyl sites for hydroxylation is 1. The number of amides is 2. The second kappa shape index (κ2) is 16.9. The summed E-state index contributed by atoms with van der Waals surface area (Å²) in [6.45, 7) is 15.7. The van der Waals surface area contributed by atoms with Crippen molar-refractivity contribution in [1.82, 2.24) is 19.7 Å². The van der Waals surface area contributed by atoms with Crippen LogP contribution >= 0.6 is 27.3 Å². The molecule has 3 aromatic rings. The van der Waals surface area contributed by atoms with Gasteiger partial charge in [-0.15, -0.1) is 0 Å². The molecular weight excluding hydrogens is 616 g/mol. The summed E-state index contributed by atoms with van der Waals surface area (Å²) in [6, 6.07) is 5.55. The number of halogens is 1. The normalized spacial score (nSPS) is 12.0. The maximum absolute atomic E-state index is 13.2. The van der Waals surface area contributed by atoms with Crippen molar-refractivity contribution < 1.29 is 14.3 Å². The number of thiazole rings is 1. The van der Waals surface area contributed by atoms with Crippen LogP contribution in [0.15, 0.2) is 46.0 Å². The number of likely N-dealkylation sites (N-methyl/N-ethyl adjacent to an activating group) is 1. The highest BCUT2D eigenvalue weighted by Crippen LogP contribution is 2.44.